The molecular formula is C10H17N3O3. The Morgan fingerprint density at radius 1 is 1.62 bits per heavy atom. The lowest BCUT2D eigenvalue weighted by Gasteiger charge is -2.27. The van der Waals surface area contributed by atoms with Gasteiger partial charge in [0.25, 0.3) is 0 Å². The maximum Gasteiger partial charge on any atom is 0.243 e. The maximum atomic E-state index is 11.9. The molecule has 0 aromatic rings. The van der Waals surface area contributed by atoms with Crippen molar-refractivity contribution in [1.29, 1.82) is 0 Å². The van der Waals surface area contributed by atoms with Gasteiger partial charge < -0.3 is 21.1 Å². The zero-order valence-corrected chi connectivity index (χ0v) is 9.12. The van der Waals surface area contributed by atoms with Crippen LogP contribution in [-0.4, -0.2) is 43.2 Å². The molecule has 2 amide bonds. The lowest BCUT2D eigenvalue weighted by atomic mass is 9.97. The van der Waals surface area contributed by atoms with Gasteiger partial charge in [0.15, 0.2) is 0 Å². The van der Waals surface area contributed by atoms with Crippen LogP contribution in [-0.2, 0) is 14.3 Å². The van der Waals surface area contributed by atoms with Crippen LogP contribution < -0.4 is 16.4 Å². The molecule has 0 spiro atoms. The van der Waals surface area contributed by atoms with Crippen LogP contribution in [0.4, 0.5) is 0 Å². The van der Waals surface area contributed by atoms with E-state index in [0.29, 0.717) is 26.0 Å². The first-order chi connectivity index (χ1) is 7.62. The van der Waals surface area contributed by atoms with E-state index in [-0.39, 0.29) is 18.4 Å². The quantitative estimate of drug-likeness (QED) is 0.535. The van der Waals surface area contributed by atoms with Crippen LogP contribution in [0, 0.1) is 0 Å². The molecule has 0 saturated carbocycles. The summed E-state index contributed by atoms with van der Waals surface area (Å²) < 4.78 is 5.11. The van der Waals surface area contributed by atoms with E-state index in [9.17, 15) is 9.59 Å². The predicted molar refractivity (Wildman–Crippen MR) is 56.5 cm³/mol. The van der Waals surface area contributed by atoms with Gasteiger partial charge in [-0.2, -0.15) is 0 Å². The van der Waals surface area contributed by atoms with Crippen LogP contribution in [0.2, 0.25) is 0 Å². The summed E-state index contributed by atoms with van der Waals surface area (Å²) in [4.78, 5) is 23.3. The summed E-state index contributed by atoms with van der Waals surface area (Å²) in [6.07, 6.45) is 2.06. The Labute approximate surface area is 93.9 Å². The van der Waals surface area contributed by atoms with Crippen LogP contribution in [0.15, 0.2) is 0 Å². The van der Waals surface area contributed by atoms with E-state index in [1.54, 1.807) is 0 Å². The molecule has 2 atom stereocenters. The maximum absolute atomic E-state index is 11.9. The molecule has 0 aromatic carbocycles. The van der Waals surface area contributed by atoms with Crippen LogP contribution in [0.5, 0.6) is 0 Å². The second-order valence-corrected chi connectivity index (χ2v) is 4.42. The summed E-state index contributed by atoms with van der Waals surface area (Å²) >= 11 is 0. The molecule has 2 heterocycles. The third-order valence-corrected chi connectivity index (χ3v) is 3.09. The second-order valence-electron chi connectivity index (χ2n) is 4.42. The van der Waals surface area contributed by atoms with Crippen molar-refractivity contribution in [2.24, 2.45) is 5.73 Å². The lowest BCUT2D eigenvalue weighted by molar-refractivity contribution is -0.132. The number of hydrogen-bond donors (Lipinski definition) is 3. The first-order valence-electron chi connectivity index (χ1n) is 5.57. The second kappa shape index (κ2) is 4.39. The van der Waals surface area contributed by atoms with Gasteiger partial charge in [0, 0.05) is 13.2 Å². The highest BCUT2D eigenvalue weighted by atomic mass is 16.5. The number of carbonyl (C=O) groups excluding carboxylic acids is 2. The number of nitrogens with two attached hydrogens (primary N) is 1. The first kappa shape index (κ1) is 11.3. The standard InChI is InChI=1S/C10H17N3O3/c11-10(3-5-16-6-10)9(15)13-7-2-1-4-12-8(7)14/h7H,1-6,11H2,(H,12,14)(H,13,15). The number of piperidine rings is 1. The largest absolute Gasteiger partial charge is 0.379 e. The van der Waals surface area contributed by atoms with Crippen LogP contribution >= 0.6 is 0 Å². The summed E-state index contributed by atoms with van der Waals surface area (Å²) in [6, 6.07) is -0.442. The van der Waals surface area contributed by atoms with Gasteiger partial charge in [-0.3, -0.25) is 9.59 Å². The zero-order chi connectivity index (χ0) is 11.6. The van der Waals surface area contributed by atoms with Crippen LogP contribution in [0.3, 0.4) is 0 Å². The number of nitrogens with one attached hydrogen (secondary N) is 2. The summed E-state index contributed by atoms with van der Waals surface area (Å²) in [6.45, 7) is 1.41. The summed E-state index contributed by atoms with van der Waals surface area (Å²) in [5, 5.41) is 5.41. The van der Waals surface area contributed by atoms with Crippen molar-refractivity contribution < 1.29 is 14.3 Å². The average molecular weight is 227 g/mol. The predicted octanol–water partition coefficient (Wildman–Crippen LogP) is -1.50. The number of rotatable bonds is 2. The minimum Gasteiger partial charge on any atom is -0.379 e. The molecule has 2 aliphatic rings. The molecule has 6 heteroatoms. The van der Waals surface area contributed by atoms with Gasteiger partial charge in [0.1, 0.15) is 11.6 Å². The fourth-order valence-electron chi connectivity index (χ4n) is 1.97. The minimum absolute atomic E-state index is 0.123. The van der Waals surface area contributed by atoms with E-state index < -0.39 is 11.6 Å². The van der Waals surface area contributed by atoms with E-state index >= 15 is 0 Å². The highest BCUT2D eigenvalue weighted by Gasteiger charge is 2.40. The smallest absolute Gasteiger partial charge is 0.243 e. The van der Waals surface area contributed by atoms with Crippen molar-refractivity contribution in [3.8, 4) is 0 Å². The molecule has 4 N–H and O–H groups in total. The van der Waals surface area contributed by atoms with Gasteiger partial charge in [0.05, 0.1) is 6.61 Å². The molecular weight excluding hydrogens is 210 g/mol. The lowest BCUT2D eigenvalue weighted by Crippen LogP contribution is -2.60. The summed E-state index contributed by atoms with van der Waals surface area (Å²) in [5.41, 5.74) is 4.94. The Morgan fingerprint density at radius 2 is 2.44 bits per heavy atom. The molecule has 2 saturated heterocycles. The van der Waals surface area contributed by atoms with Gasteiger partial charge in [-0.1, -0.05) is 0 Å². The first-order valence-corrected chi connectivity index (χ1v) is 5.57. The Balaban J connectivity index is 1.93. The normalized spacial score (nSPS) is 34.6. The molecule has 0 bridgehead atoms. The van der Waals surface area contributed by atoms with Gasteiger partial charge >= 0.3 is 0 Å². The highest BCUT2D eigenvalue weighted by molar-refractivity contribution is 5.92. The fraction of sp³-hybridized carbons (Fsp3) is 0.800. The SMILES string of the molecule is NC1(C(=O)NC2CCCNC2=O)CCOC1. The molecule has 6 nitrogen and oxygen atoms in total. The number of ether oxygens (including phenoxy) is 1. The van der Waals surface area contributed by atoms with E-state index in [1.165, 1.54) is 0 Å². The average Bonchev–Trinajstić information content (AvgIpc) is 2.70. The Morgan fingerprint density at radius 3 is 3.06 bits per heavy atom. The van der Waals surface area contributed by atoms with Crippen molar-refractivity contribution in [2.45, 2.75) is 30.8 Å². The molecule has 2 unspecified atom stereocenters. The number of carbonyl (C=O) groups is 2. The van der Waals surface area contributed by atoms with E-state index in [2.05, 4.69) is 10.6 Å². The summed E-state index contributed by atoms with van der Waals surface area (Å²) in [7, 11) is 0. The molecule has 2 fully saturated rings. The van der Waals surface area contributed by atoms with E-state index in [4.69, 9.17) is 10.5 Å². The third kappa shape index (κ3) is 2.17. The van der Waals surface area contributed by atoms with Crippen molar-refractivity contribution in [1.82, 2.24) is 10.6 Å². The Kier molecular flexibility index (Phi) is 3.11. The van der Waals surface area contributed by atoms with Crippen molar-refractivity contribution in [3.63, 3.8) is 0 Å². The molecule has 16 heavy (non-hydrogen) atoms. The molecule has 2 aliphatic heterocycles. The Hall–Kier alpha value is -1.14. The molecule has 0 aliphatic carbocycles. The van der Waals surface area contributed by atoms with Crippen molar-refractivity contribution in [2.75, 3.05) is 19.8 Å². The Bertz CT molecular complexity index is 300. The molecule has 0 aromatic heterocycles. The van der Waals surface area contributed by atoms with Gasteiger partial charge in [-0.15, -0.1) is 0 Å². The topological polar surface area (TPSA) is 93.5 Å². The van der Waals surface area contributed by atoms with Gasteiger partial charge in [0.2, 0.25) is 11.8 Å². The van der Waals surface area contributed by atoms with Crippen LogP contribution in [0.25, 0.3) is 0 Å². The van der Waals surface area contributed by atoms with Crippen LogP contribution in [0.1, 0.15) is 19.3 Å². The minimum atomic E-state index is -0.961. The van der Waals surface area contributed by atoms with Crippen molar-refractivity contribution in [3.05, 3.63) is 0 Å². The van der Waals surface area contributed by atoms with Crippen molar-refractivity contribution >= 4 is 11.8 Å². The van der Waals surface area contributed by atoms with Gasteiger partial charge in [-0.05, 0) is 19.3 Å². The van der Waals surface area contributed by atoms with E-state index in [0.717, 1.165) is 6.42 Å². The van der Waals surface area contributed by atoms with Gasteiger partial charge in [-0.25, -0.2) is 0 Å². The molecule has 90 valence electrons. The molecule has 0 radical (unpaired) electrons. The molecule has 2 rings (SSSR count). The number of hydrogen-bond acceptors (Lipinski definition) is 4. The summed E-state index contributed by atoms with van der Waals surface area (Å²) in [5.74, 6) is -0.408. The zero-order valence-electron chi connectivity index (χ0n) is 9.12. The van der Waals surface area contributed by atoms with E-state index in [1.807, 2.05) is 0 Å². The highest BCUT2D eigenvalue weighted by Crippen LogP contribution is 2.16. The monoisotopic (exact) mass is 227 g/mol. The number of amides is 2. The third-order valence-electron chi connectivity index (χ3n) is 3.09. The fourth-order valence-corrected chi connectivity index (χ4v) is 1.97.